The second-order valence-electron chi connectivity index (χ2n) is 4.93. The first-order valence-corrected chi connectivity index (χ1v) is 7.98. The Kier molecular flexibility index (Phi) is 3.50. The van der Waals surface area contributed by atoms with Crippen LogP contribution in [-0.4, -0.2) is 45.3 Å². The van der Waals surface area contributed by atoms with Crippen molar-refractivity contribution in [2.24, 2.45) is 5.73 Å². The van der Waals surface area contributed by atoms with Crippen molar-refractivity contribution in [1.82, 2.24) is 14.5 Å². The Bertz CT molecular complexity index is 586. The molecule has 6 nitrogen and oxygen atoms in total. The number of fused-ring (bicyclic) bond motifs is 1. The van der Waals surface area contributed by atoms with Gasteiger partial charge in [0.05, 0.1) is 32.9 Å². The molecule has 3 atom stereocenters. The van der Waals surface area contributed by atoms with E-state index < -0.39 is 8.15 Å². The van der Waals surface area contributed by atoms with Gasteiger partial charge in [-0.05, 0) is 13.1 Å². The highest BCUT2D eigenvalue weighted by Crippen LogP contribution is 2.24. The molecule has 1 fully saturated rings. The number of hydrogen-bond donors (Lipinski definition) is 2. The zero-order valence-corrected chi connectivity index (χ0v) is 11.6. The smallest absolute Gasteiger partial charge is 0.178 e. The van der Waals surface area contributed by atoms with E-state index in [0.29, 0.717) is 18.8 Å². The van der Waals surface area contributed by atoms with Crippen LogP contribution >= 0.6 is 8.15 Å². The van der Waals surface area contributed by atoms with Gasteiger partial charge in [-0.3, -0.25) is 0 Å². The van der Waals surface area contributed by atoms with E-state index in [1.807, 2.05) is 12.4 Å². The molecule has 102 valence electrons. The molecule has 3 N–H and O–H groups in total. The largest absolute Gasteiger partial charge is 0.378 e. The van der Waals surface area contributed by atoms with Crippen molar-refractivity contribution in [3.05, 3.63) is 18.6 Å². The van der Waals surface area contributed by atoms with Gasteiger partial charge in [-0.25, -0.2) is 9.97 Å². The minimum Gasteiger partial charge on any atom is -0.378 e. The van der Waals surface area contributed by atoms with E-state index in [9.17, 15) is 4.89 Å². The molecule has 1 aliphatic rings. The molecule has 0 aromatic carbocycles. The third-order valence-electron chi connectivity index (χ3n) is 3.32. The lowest BCUT2D eigenvalue weighted by Gasteiger charge is -2.27. The van der Waals surface area contributed by atoms with E-state index in [1.165, 1.54) is 0 Å². The zero-order valence-electron chi connectivity index (χ0n) is 10.7. The summed E-state index contributed by atoms with van der Waals surface area (Å²) in [6.07, 6.45) is 6.65. The first-order valence-electron chi connectivity index (χ1n) is 6.23. The van der Waals surface area contributed by atoms with E-state index in [1.54, 1.807) is 12.9 Å². The molecular weight excluding hydrogens is 263 g/mol. The summed E-state index contributed by atoms with van der Waals surface area (Å²) in [5.41, 5.74) is 7.29. The van der Waals surface area contributed by atoms with Gasteiger partial charge in [0.25, 0.3) is 0 Å². The molecule has 0 bridgehead atoms. The van der Waals surface area contributed by atoms with E-state index in [4.69, 9.17) is 10.5 Å². The van der Waals surface area contributed by atoms with Crippen molar-refractivity contribution >= 4 is 24.6 Å². The SMILES string of the molecule is CP(O)c1ncc2cn(C3COCC(N)C3)cc2n1. The topological polar surface area (TPSA) is 86.2 Å². The van der Waals surface area contributed by atoms with Crippen molar-refractivity contribution in [3.8, 4) is 0 Å². The van der Waals surface area contributed by atoms with Crippen LogP contribution in [0.15, 0.2) is 18.6 Å². The van der Waals surface area contributed by atoms with E-state index in [-0.39, 0.29) is 12.1 Å². The number of nitrogens with zero attached hydrogens (tertiary/aromatic N) is 3. The molecule has 19 heavy (non-hydrogen) atoms. The van der Waals surface area contributed by atoms with Crippen LogP contribution in [0.1, 0.15) is 12.5 Å². The highest BCUT2D eigenvalue weighted by molar-refractivity contribution is 7.58. The summed E-state index contributed by atoms with van der Waals surface area (Å²) in [6.45, 7) is 3.03. The minimum absolute atomic E-state index is 0.0897. The second-order valence-corrected chi connectivity index (χ2v) is 6.37. The Labute approximate surface area is 112 Å². The maximum Gasteiger partial charge on any atom is 0.178 e. The molecule has 3 heterocycles. The molecule has 0 amide bonds. The van der Waals surface area contributed by atoms with Gasteiger partial charge in [0.2, 0.25) is 0 Å². The van der Waals surface area contributed by atoms with E-state index in [2.05, 4.69) is 14.5 Å². The number of aromatic nitrogens is 3. The van der Waals surface area contributed by atoms with Crippen molar-refractivity contribution in [3.63, 3.8) is 0 Å². The first-order chi connectivity index (χ1) is 9.13. The average molecular weight is 280 g/mol. The standard InChI is InChI=1S/C12H17N4O2P/c1-19(17)12-14-3-8-4-16(5-11(8)15-12)10-2-9(13)6-18-7-10/h3-5,9-10,17H,2,6-7,13H2,1H3. The highest BCUT2D eigenvalue weighted by atomic mass is 31.1. The normalized spacial score (nSPS) is 25.6. The quantitative estimate of drug-likeness (QED) is 0.776. The van der Waals surface area contributed by atoms with Crippen LogP contribution in [0.25, 0.3) is 10.9 Å². The maximum absolute atomic E-state index is 9.57. The number of ether oxygens (including phenoxy) is 1. The highest BCUT2D eigenvalue weighted by Gasteiger charge is 2.21. The van der Waals surface area contributed by atoms with Crippen molar-refractivity contribution in [1.29, 1.82) is 0 Å². The molecule has 2 aromatic rings. The summed E-state index contributed by atoms with van der Waals surface area (Å²) in [6, 6.07) is 0.338. The zero-order chi connectivity index (χ0) is 13.4. The Morgan fingerprint density at radius 1 is 1.47 bits per heavy atom. The molecule has 3 rings (SSSR count). The van der Waals surface area contributed by atoms with E-state index >= 15 is 0 Å². The van der Waals surface area contributed by atoms with Crippen LogP contribution in [0.3, 0.4) is 0 Å². The Morgan fingerprint density at radius 3 is 3.05 bits per heavy atom. The minimum atomic E-state index is -1.26. The second kappa shape index (κ2) is 5.13. The molecule has 1 aliphatic heterocycles. The van der Waals surface area contributed by atoms with Crippen molar-refractivity contribution in [2.75, 3.05) is 19.9 Å². The Balaban J connectivity index is 1.92. The third kappa shape index (κ3) is 2.62. The molecule has 1 saturated heterocycles. The average Bonchev–Trinajstić information content (AvgIpc) is 2.81. The van der Waals surface area contributed by atoms with E-state index in [0.717, 1.165) is 17.3 Å². The Morgan fingerprint density at radius 2 is 2.32 bits per heavy atom. The van der Waals surface area contributed by atoms with Gasteiger partial charge in [-0.15, -0.1) is 0 Å². The third-order valence-corrected chi connectivity index (χ3v) is 4.12. The molecule has 7 heteroatoms. The molecule has 0 saturated carbocycles. The molecule has 3 unspecified atom stereocenters. The van der Waals surface area contributed by atoms with Crippen LogP contribution in [0.5, 0.6) is 0 Å². The van der Waals surface area contributed by atoms with Gasteiger partial charge >= 0.3 is 0 Å². The summed E-state index contributed by atoms with van der Waals surface area (Å²) in [7, 11) is -1.26. The lowest BCUT2D eigenvalue weighted by molar-refractivity contribution is 0.0458. The van der Waals surface area contributed by atoms with Crippen molar-refractivity contribution < 1.29 is 9.63 Å². The molecular formula is C12H17N4O2P. The summed E-state index contributed by atoms with van der Waals surface area (Å²) in [5, 5.41) is 0.972. The van der Waals surface area contributed by atoms with Crippen LogP contribution in [0, 0.1) is 0 Å². The number of rotatable bonds is 2. The van der Waals surface area contributed by atoms with Crippen molar-refractivity contribution in [2.45, 2.75) is 18.5 Å². The van der Waals surface area contributed by atoms with Gasteiger partial charge in [-0.1, -0.05) is 0 Å². The molecule has 2 aromatic heterocycles. The van der Waals surface area contributed by atoms with Crippen LogP contribution in [0.2, 0.25) is 0 Å². The summed E-state index contributed by atoms with van der Waals surface area (Å²) < 4.78 is 7.58. The lowest BCUT2D eigenvalue weighted by Crippen LogP contribution is -2.36. The van der Waals surface area contributed by atoms with Gasteiger partial charge in [0, 0.05) is 30.0 Å². The van der Waals surface area contributed by atoms with Gasteiger partial charge in [0.1, 0.15) is 0 Å². The van der Waals surface area contributed by atoms with Crippen LogP contribution in [-0.2, 0) is 4.74 Å². The van der Waals surface area contributed by atoms with Gasteiger partial charge < -0.3 is 19.9 Å². The van der Waals surface area contributed by atoms with Crippen LogP contribution in [0.4, 0.5) is 0 Å². The lowest BCUT2D eigenvalue weighted by atomic mass is 10.1. The number of nitrogens with two attached hydrogens (primary N) is 1. The fraction of sp³-hybridized carbons (Fsp3) is 0.500. The predicted octanol–water partition coefficient (Wildman–Crippen LogP) is 0.364. The van der Waals surface area contributed by atoms with Gasteiger partial charge in [0.15, 0.2) is 5.57 Å². The predicted molar refractivity (Wildman–Crippen MR) is 74.7 cm³/mol. The Hall–Kier alpha value is -1.07. The summed E-state index contributed by atoms with van der Waals surface area (Å²) >= 11 is 0. The molecule has 0 aliphatic carbocycles. The molecule has 0 radical (unpaired) electrons. The van der Waals surface area contributed by atoms with Gasteiger partial charge in [-0.2, -0.15) is 0 Å². The fourth-order valence-electron chi connectivity index (χ4n) is 2.35. The van der Waals surface area contributed by atoms with Crippen LogP contribution < -0.4 is 11.3 Å². The summed E-state index contributed by atoms with van der Waals surface area (Å²) in [5.74, 6) is 0. The fourth-order valence-corrected chi connectivity index (χ4v) is 2.83. The summed E-state index contributed by atoms with van der Waals surface area (Å²) in [4.78, 5) is 18.1. The number of hydrogen-bond acceptors (Lipinski definition) is 5. The maximum atomic E-state index is 9.57. The first kappa shape index (κ1) is 12.9. The molecule has 0 spiro atoms. The monoisotopic (exact) mass is 280 g/mol.